The molecule has 0 aromatic heterocycles. The first-order valence-corrected chi connectivity index (χ1v) is 8.08. The van der Waals surface area contributed by atoms with E-state index in [0.29, 0.717) is 18.4 Å². The summed E-state index contributed by atoms with van der Waals surface area (Å²) in [6.45, 7) is 9.61. The molecule has 6 heteroatoms. The molecule has 24 heavy (non-hydrogen) atoms. The SMILES string of the molecule is Cc1cc(C)cc(C(=O)N(NC(=O)O)[C@H](CCCO)C(C)(C)C)c1. The van der Waals surface area contributed by atoms with E-state index in [2.05, 4.69) is 5.43 Å². The summed E-state index contributed by atoms with van der Waals surface area (Å²) in [5.41, 5.74) is 4.22. The van der Waals surface area contributed by atoms with E-state index in [1.54, 1.807) is 12.1 Å². The molecule has 134 valence electrons. The summed E-state index contributed by atoms with van der Waals surface area (Å²) in [5.74, 6) is -0.387. The second kappa shape index (κ2) is 8.15. The predicted molar refractivity (Wildman–Crippen MR) is 92.8 cm³/mol. The number of nitrogens with one attached hydrogen (secondary N) is 1. The van der Waals surface area contributed by atoms with Crippen molar-refractivity contribution >= 4 is 12.0 Å². The van der Waals surface area contributed by atoms with Crippen LogP contribution in [0.5, 0.6) is 0 Å². The number of carbonyl (C=O) groups is 2. The molecule has 0 saturated heterocycles. The van der Waals surface area contributed by atoms with Gasteiger partial charge < -0.3 is 10.2 Å². The third kappa shape index (κ3) is 5.53. The molecule has 0 bridgehead atoms. The molecule has 6 nitrogen and oxygen atoms in total. The van der Waals surface area contributed by atoms with E-state index in [1.165, 1.54) is 5.01 Å². The molecule has 0 heterocycles. The second-order valence-electron chi connectivity index (χ2n) is 7.22. The number of hydrogen-bond donors (Lipinski definition) is 3. The lowest BCUT2D eigenvalue weighted by molar-refractivity contribution is 0.0285. The van der Waals surface area contributed by atoms with Gasteiger partial charge in [0, 0.05) is 12.2 Å². The van der Waals surface area contributed by atoms with Crippen LogP contribution in [0.15, 0.2) is 18.2 Å². The molecule has 1 rings (SSSR count). The summed E-state index contributed by atoms with van der Waals surface area (Å²) in [4.78, 5) is 24.2. The van der Waals surface area contributed by atoms with Crippen LogP contribution >= 0.6 is 0 Å². The lowest BCUT2D eigenvalue weighted by atomic mass is 9.83. The van der Waals surface area contributed by atoms with Crippen molar-refractivity contribution in [1.82, 2.24) is 10.4 Å². The molecule has 0 unspecified atom stereocenters. The Morgan fingerprint density at radius 2 is 1.71 bits per heavy atom. The highest BCUT2D eigenvalue weighted by molar-refractivity contribution is 5.95. The van der Waals surface area contributed by atoms with Crippen LogP contribution in [0.25, 0.3) is 0 Å². The van der Waals surface area contributed by atoms with E-state index < -0.39 is 6.09 Å². The van der Waals surface area contributed by atoms with Crippen LogP contribution in [0.4, 0.5) is 4.79 Å². The van der Waals surface area contributed by atoms with Gasteiger partial charge in [0.15, 0.2) is 0 Å². The number of rotatable bonds is 5. The Morgan fingerprint density at radius 3 is 2.12 bits per heavy atom. The van der Waals surface area contributed by atoms with Gasteiger partial charge in [0.1, 0.15) is 0 Å². The largest absolute Gasteiger partial charge is 0.464 e. The van der Waals surface area contributed by atoms with Crippen molar-refractivity contribution in [3.63, 3.8) is 0 Å². The van der Waals surface area contributed by atoms with Crippen molar-refractivity contribution < 1.29 is 19.8 Å². The Hall–Kier alpha value is -2.08. The summed E-state index contributed by atoms with van der Waals surface area (Å²) in [5, 5.41) is 19.5. The summed E-state index contributed by atoms with van der Waals surface area (Å²) >= 11 is 0. The molecule has 0 radical (unpaired) electrons. The van der Waals surface area contributed by atoms with Crippen molar-refractivity contribution in [2.75, 3.05) is 6.61 Å². The van der Waals surface area contributed by atoms with Crippen LogP contribution in [-0.4, -0.2) is 39.9 Å². The molecule has 0 saturated carbocycles. The van der Waals surface area contributed by atoms with Crippen LogP contribution < -0.4 is 5.43 Å². The molecule has 2 amide bonds. The van der Waals surface area contributed by atoms with Gasteiger partial charge in [-0.05, 0) is 44.2 Å². The summed E-state index contributed by atoms with van der Waals surface area (Å²) < 4.78 is 0. The number of hydrogen-bond acceptors (Lipinski definition) is 3. The maximum atomic E-state index is 13.0. The second-order valence-corrected chi connectivity index (χ2v) is 7.22. The van der Waals surface area contributed by atoms with Crippen LogP contribution in [0, 0.1) is 19.3 Å². The number of nitrogens with zero attached hydrogens (tertiary/aromatic N) is 1. The molecule has 1 atom stereocenters. The molecule has 0 aliphatic rings. The molecule has 0 spiro atoms. The van der Waals surface area contributed by atoms with Gasteiger partial charge in [-0.1, -0.05) is 38.0 Å². The van der Waals surface area contributed by atoms with Gasteiger partial charge in [0.2, 0.25) is 0 Å². The molecule has 3 N–H and O–H groups in total. The van der Waals surface area contributed by atoms with Gasteiger partial charge in [-0.2, -0.15) is 0 Å². The molecular weight excluding hydrogens is 308 g/mol. The van der Waals surface area contributed by atoms with Crippen LogP contribution in [0.2, 0.25) is 0 Å². The average Bonchev–Trinajstić information content (AvgIpc) is 2.42. The highest BCUT2D eigenvalue weighted by Crippen LogP contribution is 2.28. The summed E-state index contributed by atoms with van der Waals surface area (Å²) in [6.07, 6.45) is -0.303. The van der Waals surface area contributed by atoms with E-state index in [1.807, 2.05) is 40.7 Å². The Kier molecular flexibility index (Phi) is 6.78. The quantitative estimate of drug-likeness (QED) is 0.721. The van der Waals surface area contributed by atoms with E-state index in [-0.39, 0.29) is 24.0 Å². The Balaban J connectivity index is 3.26. The Morgan fingerprint density at radius 1 is 1.17 bits per heavy atom. The van der Waals surface area contributed by atoms with Crippen molar-refractivity contribution in [1.29, 1.82) is 0 Å². The van der Waals surface area contributed by atoms with Crippen molar-refractivity contribution in [2.45, 2.75) is 53.5 Å². The molecule has 0 fully saturated rings. The summed E-state index contributed by atoms with van der Waals surface area (Å²) in [6, 6.07) is 5.07. The fourth-order valence-electron chi connectivity index (χ4n) is 2.84. The zero-order valence-corrected chi connectivity index (χ0v) is 15.1. The first kappa shape index (κ1) is 20.0. The Bertz CT molecular complexity index is 573. The van der Waals surface area contributed by atoms with Crippen molar-refractivity contribution in [3.05, 3.63) is 34.9 Å². The van der Waals surface area contributed by atoms with Gasteiger partial charge in [-0.25, -0.2) is 15.2 Å². The fourth-order valence-corrected chi connectivity index (χ4v) is 2.84. The zero-order valence-electron chi connectivity index (χ0n) is 15.1. The molecule has 1 aromatic rings. The highest BCUT2D eigenvalue weighted by atomic mass is 16.4. The smallest absolute Gasteiger partial charge is 0.423 e. The molecular formula is C18H28N2O4. The standard InChI is InChI=1S/C18H28N2O4/c1-12-9-13(2)11-14(10-12)16(22)20(19-17(23)24)15(7-6-8-21)18(3,4)5/h9-11,15,19,21H,6-8H2,1-5H3,(H,23,24)/t15-/m1/s1. The average molecular weight is 336 g/mol. The fraction of sp³-hybridized carbons (Fsp3) is 0.556. The van der Waals surface area contributed by atoms with Gasteiger partial charge in [0.05, 0.1) is 6.04 Å². The minimum atomic E-state index is -1.29. The number of hydrazine groups is 1. The van der Waals surface area contributed by atoms with E-state index in [9.17, 15) is 14.7 Å². The van der Waals surface area contributed by atoms with E-state index in [0.717, 1.165) is 11.1 Å². The first-order valence-electron chi connectivity index (χ1n) is 8.08. The predicted octanol–water partition coefficient (Wildman–Crippen LogP) is 3.12. The number of aliphatic hydroxyl groups excluding tert-OH is 1. The van der Waals surface area contributed by atoms with E-state index >= 15 is 0 Å². The third-order valence-corrected chi connectivity index (χ3v) is 3.85. The van der Waals surface area contributed by atoms with Gasteiger partial charge in [-0.3, -0.25) is 4.79 Å². The maximum absolute atomic E-state index is 13.0. The normalized spacial score (nSPS) is 12.6. The van der Waals surface area contributed by atoms with Gasteiger partial charge >= 0.3 is 6.09 Å². The van der Waals surface area contributed by atoms with Gasteiger partial charge in [0.25, 0.3) is 5.91 Å². The number of aliphatic hydroxyl groups is 1. The topological polar surface area (TPSA) is 89.9 Å². The highest BCUT2D eigenvalue weighted by Gasteiger charge is 2.35. The van der Waals surface area contributed by atoms with Crippen LogP contribution in [-0.2, 0) is 0 Å². The number of carbonyl (C=O) groups excluding carboxylic acids is 1. The Labute approximate surface area is 143 Å². The lowest BCUT2D eigenvalue weighted by Crippen LogP contribution is -2.56. The van der Waals surface area contributed by atoms with Crippen molar-refractivity contribution in [2.24, 2.45) is 5.41 Å². The lowest BCUT2D eigenvalue weighted by Gasteiger charge is -2.39. The van der Waals surface area contributed by atoms with Gasteiger partial charge in [-0.15, -0.1) is 0 Å². The number of aryl methyl sites for hydroxylation is 2. The number of carboxylic acid groups (broad SMARTS) is 1. The molecule has 1 aromatic carbocycles. The molecule has 0 aliphatic carbocycles. The minimum absolute atomic E-state index is 0.00870. The maximum Gasteiger partial charge on any atom is 0.423 e. The van der Waals surface area contributed by atoms with Crippen LogP contribution in [0.1, 0.15) is 55.1 Å². The van der Waals surface area contributed by atoms with Crippen molar-refractivity contribution in [3.8, 4) is 0 Å². The third-order valence-electron chi connectivity index (χ3n) is 3.85. The minimum Gasteiger partial charge on any atom is -0.464 e. The molecule has 0 aliphatic heterocycles. The van der Waals surface area contributed by atoms with Crippen LogP contribution in [0.3, 0.4) is 0 Å². The number of amides is 2. The zero-order chi connectivity index (χ0) is 18.5. The monoisotopic (exact) mass is 336 g/mol. The first-order chi connectivity index (χ1) is 11.1. The summed E-state index contributed by atoms with van der Waals surface area (Å²) in [7, 11) is 0. The number of benzene rings is 1. The van der Waals surface area contributed by atoms with E-state index in [4.69, 9.17) is 5.11 Å².